The molecule has 48 heavy (non-hydrogen) atoms. The first kappa shape index (κ1) is 39.2. The van der Waals surface area contributed by atoms with Crippen LogP contribution in [0.15, 0.2) is 106 Å². The maximum absolute atomic E-state index is 12.0. The number of guanidine groups is 1. The van der Waals surface area contributed by atoms with E-state index in [2.05, 4.69) is 33.2 Å². The summed E-state index contributed by atoms with van der Waals surface area (Å²) in [5, 5.41) is 21.9. The fourth-order valence-corrected chi connectivity index (χ4v) is 4.01. The molecular weight excluding hydrogens is 608 g/mol. The minimum atomic E-state index is -0.880. The molecule has 0 spiro atoms. The fourth-order valence-electron chi connectivity index (χ4n) is 4.01. The summed E-state index contributed by atoms with van der Waals surface area (Å²) < 4.78 is 11.2. The van der Waals surface area contributed by atoms with E-state index in [4.69, 9.17) is 19.6 Å². The number of carboxylic acids is 1. The molecule has 0 bridgehead atoms. The number of amides is 1. The fraction of sp³-hybridized carbons (Fsp3) is 0.351. The third kappa shape index (κ3) is 16.0. The molecule has 0 saturated heterocycles. The lowest BCUT2D eigenvalue weighted by Gasteiger charge is -2.16. The summed E-state index contributed by atoms with van der Waals surface area (Å²) in [7, 11) is 0. The van der Waals surface area contributed by atoms with Crippen LogP contribution in [0, 0.1) is 0 Å². The monoisotopic (exact) mass is 658 g/mol. The van der Waals surface area contributed by atoms with Crippen LogP contribution in [0.5, 0.6) is 0 Å². The SMILES string of the molecule is CC.CC/C(C)=C(/N=C(\NC(C)=NCCOCCOCCNC(=O)c1ccccc1)Nc1ccc(CC(=O)O)cc1)Nc1ccccc1. The number of anilines is 2. The topological polar surface area (TPSA) is 146 Å². The Morgan fingerprint density at radius 2 is 1.38 bits per heavy atom. The van der Waals surface area contributed by atoms with Gasteiger partial charge in [-0.25, -0.2) is 0 Å². The smallest absolute Gasteiger partial charge is 0.307 e. The van der Waals surface area contributed by atoms with Gasteiger partial charge in [0, 0.05) is 23.5 Å². The number of ether oxygens (including phenoxy) is 2. The van der Waals surface area contributed by atoms with E-state index in [1.54, 1.807) is 24.3 Å². The number of aliphatic imine (C=N–C) groups is 2. The Kier molecular flexibility index (Phi) is 19.1. The molecule has 0 heterocycles. The van der Waals surface area contributed by atoms with Gasteiger partial charge in [-0.2, -0.15) is 4.99 Å². The molecule has 0 unspecified atom stereocenters. The number of allylic oxidation sites excluding steroid dienone is 1. The molecule has 5 N–H and O–H groups in total. The van der Waals surface area contributed by atoms with Crippen LogP contribution in [0.1, 0.15) is 57.0 Å². The van der Waals surface area contributed by atoms with E-state index in [1.165, 1.54) is 0 Å². The number of amidine groups is 1. The lowest BCUT2D eigenvalue weighted by Crippen LogP contribution is -2.35. The van der Waals surface area contributed by atoms with Gasteiger partial charge in [0.2, 0.25) is 5.96 Å². The summed E-state index contributed by atoms with van der Waals surface area (Å²) in [4.78, 5) is 32.6. The molecular formula is C37H50N6O5. The van der Waals surface area contributed by atoms with E-state index in [9.17, 15) is 9.59 Å². The minimum absolute atomic E-state index is 0.0456. The van der Waals surface area contributed by atoms with Crippen molar-refractivity contribution in [3.63, 3.8) is 0 Å². The highest BCUT2D eigenvalue weighted by Crippen LogP contribution is 2.16. The lowest BCUT2D eigenvalue weighted by atomic mass is 10.1. The van der Waals surface area contributed by atoms with Crippen LogP contribution >= 0.6 is 0 Å². The van der Waals surface area contributed by atoms with E-state index in [-0.39, 0.29) is 12.3 Å². The highest BCUT2D eigenvalue weighted by Gasteiger charge is 2.08. The lowest BCUT2D eigenvalue weighted by molar-refractivity contribution is -0.136. The summed E-state index contributed by atoms with van der Waals surface area (Å²) >= 11 is 0. The van der Waals surface area contributed by atoms with E-state index in [1.807, 2.05) is 88.4 Å². The van der Waals surface area contributed by atoms with Gasteiger partial charge in [-0.1, -0.05) is 69.3 Å². The van der Waals surface area contributed by atoms with Crippen molar-refractivity contribution in [3.05, 3.63) is 107 Å². The number of para-hydroxylation sites is 1. The molecule has 0 fully saturated rings. The number of carbonyl (C=O) groups excluding carboxylic acids is 1. The zero-order valence-corrected chi connectivity index (χ0v) is 28.7. The van der Waals surface area contributed by atoms with Crippen molar-refractivity contribution in [3.8, 4) is 0 Å². The van der Waals surface area contributed by atoms with Gasteiger partial charge >= 0.3 is 5.97 Å². The van der Waals surface area contributed by atoms with E-state index in [0.29, 0.717) is 68.3 Å². The number of hydrogen-bond donors (Lipinski definition) is 5. The van der Waals surface area contributed by atoms with Crippen LogP contribution in [0.25, 0.3) is 0 Å². The predicted octanol–water partition coefficient (Wildman–Crippen LogP) is 6.33. The second kappa shape index (κ2) is 23.3. The van der Waals surface area contributed by atoms with Crippen LogP contribution in [-0.4, -0.2) is 68.3 Å². The maximum atomic E-state index is 12.0. The predicted molar refractivity (Wildman–Crippen MR) is 195 cm³/mol. The zero-order chi connectivity index (χ0) is 35.0. The van der Waals surface area contributed by atoms with Gasteiger partial charge in [0.15, 0.2) is 0 Å². The van der Waals surface area contributed by atoms with Gasteiger partial charge in [0.05, 0.1) is 45.2 Å². The molecule has 0 atom stereocenters. The molecule has 0 saturated carbocycles. The first-order valence-corrected chi connectivity index (χ1v) is 16.3. The molecule has 0 aliphatic carbocycles. The van der Waals surface area contributed by atoms with Crippen LogP contribution in [-0.2, 0) is 20.7 Å². The Morgan fingerprint density at radius 1 is 0.771 bits per heavy atom. The number of nitrogens with zero attached hydrogens (tertiary/aromatic N) is 2. The molecule has 258 valence electrons. The quantitative estimate of drug-likeness (QED) is 0.0643. The second-order valence-electron chi connectivity index (χ2n) is 10.3. The van der Waals surface area contributed by atoms with Gasteiger partial charge in [-0.3, -0.25) is 14.6 Å². The first-order valence-electron chi connectivity index (χ1n) is 16.3. The van der Waals surface area contributed by atoms with E-state index < -0.39 is 5.97 Å². The first-order chi connectivity index (χ1) is 23.3. The number of carbonyl (C=O) groups is 2. The second-order valence-corrected chi connectivity index (χ2v) is 10.3. The van der Waals surface area contributed by atoms with Crippen LogP contribution in [0.3, 0.4) is 0 Å². The molecule has 0 aromatic heterocycles. The Hall–Kier alpha value is -5.00. The van der Waals surface area contributed by atoms with Crippen molar-refractivity contribution in [2.45, 2.75) is 47.5 Å². The zero-order valence-electron chi connectivity index (χ0n) is 28.7. The maximum Gasteiger partial charge on any atom is 0.307 e. The number of carboxylic acid groups (broad SMARTS) is 1. The third-order valence-corrected chi connectivity index (χ3v) is 6.59. The number of aliphatic carboxylic acids is 1. The minimum Gasteiger partial charge on any atom is -0.481 e. The molecule has 3 rings (SSSR count). The number of hydrogen-bond acceptors (Lipinski definition) is 7. The average Bonchev–Trinajstić information content (AvgIpc) is 3.10. The Bertz CT molecular complexity index is 1460. The van der Waals surface area contributed by atoms with Gasteiger partial charge in [0.25, 0.3) is 5.91 Å². The van der Waals surface area contributed by atoms with Gasteiger partial charge in [-0.15, -0.1) is 0 Å². The van der Waals surface area contributed by atoms with Crippen molar-refractivity contribution in [2.75, 3.05) is 50.2 Å². The molecule has 3 aromatic rings. The van der Waals surface area contributed by atoms with Gasteiger partial charge in [0.1, 0.15) is 5.82 Å². The highest BCUT2D eigenvalue weighted by atomic mass is 16.5. The van der Waals surface area contributed by atoms with E-state index >= 15 is 0 Å². The summed E-state index contributed by atoms with van der Waals surface area (Å²) in [6, 6.07) is 26.0. The van der Waals surface area contributed by atoms with Crippen molar-refractivity contribution in [2.24, 2.45) is 9.98 Å². The molecule has 0 aliphatic heterocycles. The number of nitrogens with one attached hydrogen (secondary N) is 4. The van der Waals surface area contributed by atoms with Crippen LogP contribution in [0.2, 0.25) is 0 Å². The Morgan fingerprint density at radius 3 is 2.00 bits per heavy atom. The molecule has 11 nitrogen and oxygen atoms in total. The molecule has 3 aromatic carbocycles. The van der Waals surface area contributed by atoms with Crippen molar-refractivity contribution < 1.29 is 24.2 Å². The molecule has 11 heteroatoms. The standard InChI is InChI=1S/C35H44N6O5.C2H6/c1-4-26(2)33(39-30-13-9-6-10-14-30)41-35(40-31-17-15-28(16-18-31)25-32(42)43)38-27(3)36-19-21-45-23-24-46-22-20-37-34(44)29-11-7-5-8-12-29;1-2/h5-18,39H,4,19-25H2,1-3H3,(H,37,44)(H,42,43)(H2,36,38,40,41);1-2H3/b33-26+;. The van der Waals surface area contributed by atoms with E-state index in [0.717, 1.165) is 23.4 Å². The van der Waals surface area contributed by atoms with Crippen molar-refractivity contribution in [1.29, 1.82) is 0 Å². The Balaban J connectivity index is 0.00000392. The van der Waals surface area contributed by atoms with Crippen LogP contribution < -0.4 is 21.3 Å². The Labute approximate surface area is 284 Å². The van der Waals surface area contributed by atoms with Gasteiger partial charge < -0.3 is 35.8 Å². The average molecular weight is 659 g/mol. The normalized spacial score (nSPS) is 11.9. The summed E-state index contributed by atoms with van der Waals surface area (Å²) in [6.45, 7) is 12.4. The van der Waals surface area contributed by atoms with Crippen molar-refractivity contribution in [1.82, 2.24) is 10.6 Å². The number of rotatable bonds is 17. The largest absolute Gasteiger partial charge is 0.481 e. The van der Waals surface area contributed by atoms with Gasteiger partial charge in [-0.05, 0) is 67.8 Å². The third-order valence-electron chi connectivity index (χ3n) is 6.59. The summed E-state index contributed by atoms with van der Waals surface area (Å²) in [5.41, 5.74) is 4.04. The molecule has 0 aliphatic rings. The van der Waals surface area contributed by atoms with Crippen molar-refractivity contribution >= 4 is 35.0 Å². The molecule has 0 radical (unpaired) electrons. The summed E-state index contributed by atoms with van der Waals surface area (Å²) in [5.74, 6) is 0.777. The number of benzene rings is 3. The van der Waals surface area contributed by atoms with Crippen LogP contribution in [0.4, 0.5) is 11.4 Å². The summed E-state index contributed by atoms with van der Waals surface area (Å²) in [6.07, 6.45) is 0.752. The molecule has 1 amide bonds. The highest BCUT2D eigenvalue weighted by molar-refractivity contribution is 6.05.